The molecule has 3 aromatic rings. The van der Waals surface area contributed by atoms with E-state index in [0.29, 0.717) is 16.0 Å². The molecular weight excluding hydrogens is 455 g/mol. The molecule has 0 saturated heterocycles. The zero-order chi connectivity index (χ0) is 25.2. The molecule has 180 valence electrons. The van der Waals surface area contributed by atoms with Gasteiger partial charge in [-0.3, -0.25) is 4.68 Å². The van der Waals surface area contributed by atoms with E-state index >= 15 is 0 Å². The largest absolute Gasteiger partial charge is 0.455 e. The van der Waals surface area contributed by atoms with E-state index in [1.54, 1.807) is 6.92 Å². The van der Waals surface area contributed by atoms with Crippen LogP contribution in [-0.2, 0) is 12.5 Å². The van der Waals surface area contributed by atoms with Crippen molar-refractivity contribution >= 4 is 28.1 Å². The lowest BCUT2D eigenvalue weighted by molar-refractivity contribution is -0.287. The first-order valence-corrected chi connectivity index (χ1v) is 9.78. The number of halogens is 7. The number of aromatic nitrogens is 3. The summed E-state index contributed by atoms with van der Waals surface area (Å²) in [6.07, 6.45) is -3.52. The molecule has 12 heteroatoms. The van der Waals surface area contributed by atoms with Crippen molar-refractivity contribution in [2.75, 3.05) is 5.73 Å². The van der Waals surface area contributed by atoms with Crippen molar-refractivity contribution in [3.63, 3.8) is 0 Å². The molecule has 0 amide bonds. The van der Waals surface area contributed by atoms with Gasteiger partial charge in [-0.2, -0.15) is 27.1 Å². The van der Waals surface area contributed by atoms with Gasteiger partial charge in [-0.25, -0.2) is 18.8 Å². The van der Waals surface area contributed by atoms with Gasteiger partial charge in [0.1, 0.15) is 6.54 Å². The summed E-state index contributed by atoms with van der Waals surface area (Å²) in [7, 11) is 0. The Hall–Kier alpha value is -3.18. The van der Waals surface area contributed by atoms with Crippen LogP contribution in [0, 0.1) is 0 Å². The Morgan fingerprint density at radius 2 is 1.67 bits per heavy atom. The molecule has 5 nitrogen and oxygen atoms in total. The minimum absolute atomic E-state index is 0.0328. The fraction of sp³-hybridized carbons (Fsp3) is 0.381. The number of nitrogens with two attached hydrogens (primary N) is 1. The van der Waals surface area contributed by atoms with Gasteiger partial charge in [0.15, 0.2) is 5.82 Å². The van der Waals surface area contributed by atoms with Gasteiger partial charge in [0.2, 0.25) is 0 Å². The summed E-state index contributed by atoms with van der Waals surface area (Å²) < 4.78 is 91.3. The van der Waals surface area contributed by atoms with Gasteiger partial charge in [0, 0.05) is 34.8 Å². The van der Waals surface area contributed by atoms with Crippen molar-refractivity contribution in [3.05, 3.63) is 47.8 Å². The zero-order valence-electron chi connectivity index (χ0n) is 18.2. The van der Waals surface area contributed by atoms with Gasteiger partial charge in [-0.05, 0) is 19.1 Å². The maximum Gasteiger partial charge on any atom is 0.455 e. The lowest BCUT2D eigenvalue weighted by atomic mass is 10.0. The minimum Gasteiger partial charge on any atom is -0.398 e. The monoisotopic (exact) mass is 477 g/mol. The van der Waals surface area contributed by atoms with Crippen LogP contribution in [0.25, 0.3) is 10.9 Å². The van der Waals surface area contributed by atoms with Gasteiger partial charge in [-0.1, -0.05) is 26.0 Å². The fourth-order valence-electron chi connectivity index (χ4n) is 2.83. The van der Waals surface area contributed by atoms with E-state index in [4.69, 9.17) is 5.73 Å². The summed E-state index contributed by atoms with van der Waals surface area (Å²) in [5.41, 5.74) is 6.35. The summed E-state index contributed by atoms with van der Waals surface area (Å²) in [5.74, 6) is -7.91. The minimum atomic E-state index is -5.71. The Balaban J connectivity index is 0.00000187. The smallest absolute Gasteiger partial charge is 0.398 e. The van der Waals surface area contributed by atoms with E-state index in [0.717, 1.165) is 25.4 Å². The van der Waals surface area contributed by atoms with E-state index in [9.17, 15) is 30.7 Å². The number of pyridine rings is 1. The average Bonchev–Trinajstić information content (AvgIpc) is 3.09. The van der Waals surface area contributed by atoms with Crippen LogP contribution in [0.1, 0.15) is 38.8 Å². The molecular formula is C21H22F7N5. The molecule has 2 aromatic heterocycles. The third-order valence-corrected chi connectivity index (χ3v) is 4.51. The van der Waals surface area contributed by atoms with Crippen LogP contribution in [0.15, 0.2) is 41.7 Å². The Labute approximate surface area is 185 Å². The number of aliphatic imine (C=N–C) groups is 1. The molecule has 33 heavy (non-hydrogen) atoms. The maximum atomic E-state index is 13.4. The van der Waals surface area contributed by atoms with Crippen LogP contribution in [0.4, 0.5) is 42.2 Å². The Morgan fingerprint density at radius 1 is 1.03 bits per heavy atom. The van der Waals surface area contributed by atoms with Crippen LogP contribution in [-0.4, -0.2) is 32.6 Å². The predicted molar refractivity (Wildman–Crippen MR) is 112 cm³/mol. The normalized spacial score (nSPS) is 13.1. The van der Waals surface area contributed by atoms with Gasteiger partial charge >= 0.3 is 12.1 Å². The molecule has 0 radical (unpaired) electrons. The summed E-state index contributed by atoms with van der Waals surface area (Å²) in [5, 5.41) is 3.82. The van der Waals surface area contributed by atoms with E-state index in [2.05, 4.69) is 15.1 Å². The first-order valence-electron chi connectivity index (χ1n) is 9.78. The highest BCUT2D eigenvalue weighted by atomic mass is 19.4. The summed E-state index contributed by atoms with van der Waals surface area (Å²) in [6, 6.07) is 5.08. The van der Waals surface area contributed by atoms with E-state index in [-0.39, 0.29) is 28.0 Å². The second-order valence-electron chi connectivity index (χ2n) is 6.99. The number of fused-ring (bicyclic) bond motifs is 1. The number of rotatable bonds is 5. The lowest BCUT2D eigenvalue weighted by Gasteiger charge is -2.19. The SMILES string of the molecule is CC.CC(=Nc1cc2cnn(CC(F)(F)C(F)(F)F)c2cn1)c1ccc(C(C)(F)F)cc1N. The second kappa shape index (κ2) is 9.36. The summed E-state index contributed by atoms with van der Waals surface area (Å²) >= 11 is 0. The van der Waals surface area contributed by atoms with Crippen molar-refractivity contribution in [2.45, 2.75) is 52.3 Å². The average molecular weight is 477 g/mol. The Bertz CT molecular complexity index is 1140. The zero-order valence-corrected chi connectivity index (χ0v) is 18.2. The number of hydrogen-bond donors (Lipinski definition) is 1. The third kappa shape index (κ3) is 5.79. The molecule has 0 saturated carbocycles. The summed E-state index contributed by atoms with van der Waals surface area (Å²) in [6.45, 7) is 4.62. The number of alkyl halides is 7. The lowest BCUT2D eigenvalue weighted by Crippen LogP contribution is -2.40. The van der Waals surface area contributed by atoms with Gasteiger partial charge in [0.25, 0.3) is 5.92 Å². The molecule has 0 atom stereocenters. The molecule has 0 spiro atoms. The third-order valence-electron chi connectivity index (χ3n) is 4.51. The molecule has 0 aliphatic rings. The highest BCUT2D eigenvalue weighted by molar-refractivity contribution is 6.04. The molecule has 2 heterocycles. The van der Waals surface area contributed by atoms with Crippen molar-refractivity contribution in [2.24, 2.45) is 4.99 Å². The van der Waals surface area contributed by atoms with Crippen LogP contribution in [0.2, 0.25) is 0 Å². The number of benzene rings is 1. The first-order chi connectivity index (χ1) is 15.2. The van der Waals surface area contributed by atoms with Gasteiger partial charge < -0.3 is 5.73 Å². The standard InChI is InChI=1S/C19H16F7N5.C2H6/c1-10(13-4-3-12(6-14(13)27)17(2,20)21)30-16-5-11-7-29-31(15(11)8-28-16)9-18(22,23)19(24,25)26;1-2/h3-8H,9,27H2,1-2H3;1-2H3. The first kappa shape index (κ1) is 26.1. The van der Waals surface area contributed by atoms with Crippen molar-refractivity contribution in [1.82, 2.24) is 14.8 Å². The number of nitrogens with zero attached hydrogens (tertiary/aromatic N) is 4. The Morgan fingerprint density at radius 3 is 2.21 bits per heavy atom. The highest BCUT2D eigenvalue weighted by Crippen LogP contribution is 2.37. The number of anilines is 1. The maximum absolute atomic E-state index is 13.4. The number of hydrogen-bond acceptors (Lipinski definition) is 4. The quantitative estimate of drug-likeness (QED) is 0.259. The molecule has 0 bridgehead atoms. The van der Waals surface area contributed by atoms with Crippen molar-refractivity contribution in [3.8, 4) is 0 Å². The van der Waals surface area contributed by atoms with Gasteiger partial charge in [0.05, 0.1) is 17.9 Å². The molecule has 0 aliphatic heterocycles. The van der Waals surface area contributed by atoms with E-state index < -0.39 is 24.6 Å². The van der Waals surface area contributed by atoms with E-state index in [1.165, 1.54) is 18.2 Å². The summed E-state index contributed by atoms with van der Waals surface area (Å²) in [4.78, 5) is 8.18. The molecule has 0 aliphatic carbocycles. The topological polar surface area (TPSA) is 69.1 Å². The van der Waals surface area contributed by atoms with Crippen LogP contribution in [0.5, 0.6) is 0 Å². The molecule has 0 fully saturated rings. The van der Waals surface area contributed by atoms with E-state index in [1.807, 2.05) is 13.8 Å². The van der Waals surface area contributed by atoms with Gasteiger partial charge in [-0.15, -0.1) is 0 Å². The predicted octanol–water partition coefficient (Wildman–Crippen LogP) is 6.49. The molecule has 0 unspecified atom stereocenters. The fourth-order valence-corrected chi connectivity index (χ4v) is 2.83. The number of nitrogen functional groups attached to an aromatic ring is 1. The highest BCUT2D eigenvalue weighted by Gasteiger charge is 2.57. The molecule has 2 N–H and O–H groups in total. The van der Waals surface area contributed by atoms with Crippen molar-refractivity contribution < 1.29 is 30.7 Å². The Kier molecular flexibility index (Phi) is 7.39. The second-order valence-corrected chi connectivity index (χ2v) is 6.99. The van der Waals surface area contributed by atoms with Crippen LogP contribution >= 0.6 is 0 Å². The van der Waals surface area contributed by atoms with Crippen LogP contribution in [0.3, 0.4) is 0 Å². The molecule has 1 aromatic carbocycles. The van der Waals surface area contributed by atoms with Crippen LogP contribution < -0.4 is 5.73 Å². The molecule has 3 rings (SSSR count). The van der Waals surface area contributed by atoms with Crippen molar-refractivity contribution in [1.29, 1.82) is 0 Å².